The summed E-state index contributed by atoms with van der Waals surface area (Å²) in [5, 5.41) is 1.01. The molecule has 0 saturated heterocycles. The quantitative estimate of drug-likeness (QED) is 0.251. The monoisotopic (exact) mass is 461 g/mol. The highest BCUT2D eigenvalue weighted by atomic mass is 16.5. The van der Waals surface area contributed by atoms with Crippen molar-refractivity contribution in [1.82, 2.24) is 4.98 Å². The first-order valence-electron chi connectivity index (χ1n) is 11.8. The van der Waals surface area contributed by atoms with E-state index in [4.69, 9.17) is 9.47 Å². The Morgan fingerprint density at radius 3 is 2.11 bits per heavy atom. The van der Waals surface area contributed by atoms with Crippen LogP contribution in [0.25, 0.3) is 10.9 Å². The largest absolute Gasteiger partial charge is 0.489 e. The molecule has 4 heteroatoms. The summed E-state index contributed by atoms with van der Waals surface area (Å²) in [6.07, 6.45) is 0. The van der Waals surface area contributed by atoms with Gasteiger partial charge in [-0.3, -0.25) is 0 Å². The van der Waals surface area contributed by atoms with E-state index in [2.05, 4.69) is 35.3 Å². The Labute approximate surface area is 205 Å². The van der Waals surface area contributed by atoms with Crippen molar-refractivity contribution in [2.75, 3.05) is 6.61 Å². The highest BCUT2D eigenvalue weighted by Crippen LogP contribution is 2.39. The van der Waals surface area contributed by atoms with Crippen LogP contribution in [0.3, 0.4) is 0 Å². The molecular formula is C31H27NO3. The zero-order valence-corrected chi connectivity index (χ0v) is 19.6. The molecule has 0 spiro atoms. The van der Waals surface area contributed by atoms with E-state index in [1.54, 1.807) is 0 Å². The average Bonchev–Trinajstić information content (AvgIpc) is 3.29. The van der Waals surface area contributed by atoms with Crippen molar-refractivity contribution >= 4 is 16.9 Å². The lowest BCUT2D eigenvalue weighted by atomic mass is 9.83. The number of carbonyl (C=O) groups excluding carboxylic acids is 1. The minimum Gasteiger partial charge on any atom is -0.489 e. The van der Waals surface area contributed by atoms with Crippen LogP contribution in [0.4, 0.5) is 0 Å². The molecule has 35 heavy (non-hydrogen) atoms. The SMILES string of the molecule is CCOC(=O)c1[nH]c2ccccc2c1C(c1ccccc1)c1ccc(OCc2ccccc2)cc1. The van der Waals surface area contributed by atoms with Crippen LogP contribution in [0.2, 0.25) is 0 Å². The summed E-state index contributed by atoms with van der Waals surface area (Å²) in [6, 6.07) is 36.5. The first-order chi connectivity index (χ1) is 17.2. The van der Waals surface area contributed by atoms with Crippen LogP contribution in [-0.2, 0) is 11.3 Å². The van der Waals surface area contributed by atoms with Crippen LogP contribution >= 0.6 is 0 Å². The molecule has 174 valence electrons. The molecule has 1 unspecified atom stereocenters. The summed E-state index contributed by atoms with van der Waals surface area (Å²) >= 11 is 0. The smallest absolute Gasteiger partial charge is 0.355 e. The zero-order valence-electron chi connectivity index (χ0n) is 19.6. The predicted molar refractivity (Wildman–Crippen MR) is 139 cm³/mol. The third kappa shape index (κ3) is 4.82. The van der Waals surface area contributed by atoms with Crippen molar-refractivity contribution in [2.24, 2.45) is 0 Å². The van der Waals surface area contributed by atoms with Crippen LogP contribution in [0.15, 0.2) is 109 Å². The van der Waals surface area contributed by atoms with Crippen molar-refractivity contribution in [3.8, 4) is 5.75 Å². The molecule has 1 atom stereocenters. The van der Waals surface area contributed by atoms with E-state index < -0.39 is 0 Å². The summed E-state index contributed by atoms with van der Waals surface area (Å²) < 4.78 is 11.4. The Kier molecular flexibility index (Phi) is 6.62. The van der Waals surface area contributed by atoms with Crippen molar-refractivity contribution in [1.29, 1.82) is 0 Å². The minimum absolute atomic E-state index is 0.157. The van der Waals surface area contributed by atoms with Gasteiger partial charge in [0, 0.05) is 22.4 Å². The average molecular weight is 462 g/mol. The number of benzene rings is 4. The van der Waals surface area contributed by atoms with Crippen molar-refractivity contribution < 1.29 is 14.3 Å². The van der Waals surface area contributed by atoms with E-state index in [9.17, 15) is 4.79 Å². The number of aromatic amines is 1. The summed E-state index contributed by atoms with van der Waals surface area (Å²) in [4.78, 5) is 16.3. The Bertz CT molecular complexity index is 1410. The molecule has 4 aromatic carbocycles. The van der Waals surface area contributed by atoms with E-state index in [0.717, 1.165) is 38.9 Å². The Morgan fingerprint density at radius 2 is 1.40 bits per heavy atom. The maximum atomic E-state index is 13.0. The number of carbonyl (C=O) groups is 1. The molecule has 0 radical (unpaired) electrons. The number of nitrogens with one attached hydrogen (secondary N) is 1. The fraction of sp³-hybridized carbons (Fsp3) is 0.129. The Balaban J connectivity index is 1.57. The van der Waals surface area contributed by atoms with E-state index >= 15 is 0 Å². The van der Waals surface area contributed by atoms with Gasteiger partial charge in [-0.1, -0.05) is 91.0 Å². The lowest BCUT2D eigenvalue weighted by Crippen LogP contribution is -2.12. The number of rotatable bonds is 8. The highest BCUT2D eigenvalue weighted by molar-refractivity contribution is 5.99. The molecule has 0 aliphatic heterocycles. The molecule has 1 heterocycles. The van der Waals surface area contributed by atoms with Crippen molar-refractivity contribution in [2.45, 2.75) is 19.4 Å². The molecule has 1 N–H and O–H groups in total. The second-order valence-corrected chi connectivity index (χ2v) is 8.37. The van der Waals surface area contributed by atoms with Crippen molar-refractivity contribution in [3.63, 3.8) is 0 Å². The lowest BCUT2D eigenvalue weighted by molar-refractivity contribution is 0.0519. The number of hydrogen-bond acceptors (Lipinski definition) is 3. The fourth-order valence-corrected chi connectivity index (χ4v) is 4.50. The van der Waals surface area contributed by atoms with E-state index in [1.807, 2.05) is 85.8 Å². The highest BCUT2D eigenvalue weighted by Gasteiger charge is 2.28. The maximum Gasteiger partial charge on any atom is 0.355 e. The zero-order chi connectivity index (χ0) is 24.0. The third-order valence-electron chi connectivity index (χ3n) is 6.11. The van der Waals surface area contributed by atoms with E-state index in [1.165, 1.54) is 0 Å². The molecule has 5 rings (SSSR count). The number of H-pyrrole nitrogens is 1. The maximum absolute atomic E-state index is 13.0. The van der Waals surface area contributed by atoms with Gasteiger partial charge in [0.2, 0.25) is 0 Å². The molecule has 0 bridgehead atoms. The van der Waals surface area contributed by atoms with Crippen LogP contribution in [0.1, 0.15) is 45.6 Å². The third-order valence-corrected chi connectivity index (χ3v) is 6.11. The second kappa shape index (κ2) is 10.3. The van der Waals surface area contributed by atoms with Crippen molar-refractivity contribution in [3.05, 3.63) is 137 Å². The van der Waals surface area contributed by atoms with E-state index in [0.29, 0.717) is 18.9 Å². The van der Waals surface area contributed by atoms with E-state index in [-0.39, 0.29) is 11.9 Å². The van der Waals surface area contributed by atoms with Crippen LogP contribution in [-0.4, -0.2) is 17.6 Å². The van der Waals surface area contributed by atoms with Crippen LogP contribution in [0, 0.1) is 0 Å². The molecule has 0 fully saturated rings. The van der Waals surface area contributed by atoms with Gasteiger partial charge in [0.05, 0.1) is 6.61 Å². The molecule has 0 saturated carbocycles. The molecular weight excluding hydrogens is 434 g/mol. The number of esters is 1. The Hall–Kier alpha value is -4.31. The molecule has 0 aliphatic rings. The van der Waals surface area contributed by atoms with Crippen LogP contribution in [0.5, 0.6) is 5.75 Å². The first kappa shape index (κ1) is 22.5. The molecule has 0 aliphatic carbocycles. The van der Waals surface area contributed by atoms with Gasteiger partial charge in [-0.2, -0.15) is 0 Å². The molecule has 1 aromatic heterocycles. The molecule has 0 amide bonds. The molecule has 5 aromatic rings. The number of aromatic nitrogens is 1. The fourth-order valence-electron chi connectivity index (χ4n) is 4.50. The predicted octanol–water partition coefficient (Wildman–Crippen LogP) is 7.10. The minimum atomic E-state index is -0.345. The summed E-state index contributed by atoms with van der Waals surface area (Å²) in [5.41, 5.74) is 5.61. The number of para-hydroxylation sites is 1. The number of ether oxygens (including phenoxy) is 2. The van der Waals surface area contributed by atoms with Gasteiger partial charge in [-0.15, -0.1) is 0 Å². The lowest BCUT2D eigenvalue weighted by Gasteiger charge is -2.20. The van der Waals surface area contributed by atoms with Gasteiger partial charge in [-0.25, -0.2) is 4.79 Å². The topological polar surface area (TPSA) is 51.3 Å². The van der Waals surface area contributed by atoms with Gasteiger partial charge < -0.3 is 14.5 Å². The van der Waals surface area contributed by atoms with Gasteiger partial charge in [0.1, 0.15) is 18.1 Å². The molecule has 4 nitrogen and oxygen atoms in total. The summed E-state index contributed by atoms with van der Waals surface area (Å²) in [6.45, 7) is 2.65. The van der Waals surface area contributed by atoms with Gasteiger partial charge in [-0.05, 0) is 41.8 Å². The summed E-state index contributed by atoms with van der Waals surface area (Å²) in [5.74, 6) is 0.298. The summed E-state index contributed by atoms with van der Waals surface area (Å²) in [7, 11) is 0. The number of fused-ring (bicyclic) bond motifs is 1. The van der Waals surface area contributed by atoms with Gasteiger partial charge >= 0.3 is 5.97 Å². The normalized spacial score (nSPS) is 11.8. The second-order valence-electron chi connectivity index (χ2n) is 8.37. The first-order valence-corrected chi connectivity index (χ1v) is 11.8. The van der Waals surface area contributed by atoms with Gasteiger partial charge in [0.25, 0.3) is 0 Å². The van der Waals surface area contributed by atoms with Gasteiger partial charge in [0.15, 0.2) is 0 Å². The standard InChI is InChI=1S/C31H27NO3/c1-2-34-31(33)30-29(26-15-9-10-16-27(26)32-30)28(23-13-7-4-8-14-23)24-17-19-25(20-18-24)35-21-22-11-5-3-6-12-22/h3-20,28,32H,2,21H2,1H3. The van der Waals surface area contributed by atoms with Crippen LogP contribution < -0.4 is 4.74 Å². The Morgan fingerprint density at radius 1 is 0.771 bits per heavy atom. The number of hydrogen-bond donors (Lipinski definition) is 1.